The number of urea groups is 1. The van der Waals surface area contributed by atoms with Crippen LogP contribution < -0.4 is 10.6 Å². The molecule has 3 amide bonds. The van der Waals surface area contributed by atoms with E-state index in [4.69, 9.17) is 4.74 Å². The number of methoxy groups -OCH3 is 1. The maximum Gasteiger partial charge on any atom is 0.337 e. The largest absolute Gasteiger partial charge is 0.466 e. The summed E-state index contributed by atoms with van der Waals surface area (Å²) in [6.07, 6.45) is 0. The van der Waals surface area contributed by atoms with Crippen LogP contribution in [0.1, 0.15) is 35.8 Å². The minimum absolute atomic E-state index is 0.303. The monoisotopic (exact) mass is 411 g/mol. The van der Waals surface area contributed by atoms with Crippen LogP contribution in [0, 0.1) is 5.82 Å². The number of benzene rings is 2. The molecule has 8 heteroatoms. The van der Waals surface area contributed by atoms with Crippen molar-refractivity contribution in [1.29, 1.82) is 0 Å². The van der Waals surface area contributed by atoms with Crippen molar-refractivity contribution in [1.82, 2.24) is 10.2 Å². The highest BCUT2D eigenvalue weighted by molar-refractivity contribution is 6.04. The lowest BCUT2D eigenvalue weighted by Crippen LogP contribution is -2.47. The van der Waals surface area contributed by atoms with E-state index < -0.39 is 23.7 Å². The fraction of sp³-hybridized carbons (Fsp3) is 0.227. The lowest BCUT2D eigenvalue weighted by atomic mass is 9.94. The Bertz CT molecular complexity index is 1020. The van der Waals surface area contributed by atoms with E-state index >= 15 is 0 Å². The summed E-state index contributed by atoms with van der Waals surface area (Å²) >= 11 is 0. The lowest BCUT2D eigenvalue weighted by Gasteiger charge is -2.34. The third kappa shape index (κ3) is 4.17. The van der Waals surface area contributed by atoms with Crippen molar-refractivity contribution in [3.8, 4) is 0 Å². The molecule has 0 saturated carbocycles. The maximum absolute atomic E-state index is 13.1. The second kappa shape index (κ2) is 8.77. The fourth-order valence-electron chi connectivity index (χ4n) is 3.39. The fourth-order valence-corrected chi connectivity index (χ4v) is 3.39. The van der Waals surface area contributed by atoms with E-state index in [-0.39, 0.29) is 6.03 Å². The number of halogens is 1. The summed E-state index contributed by atoms with van der Waals surface area (Å²) in [5.74, 6) is -1.38. The van der Waals surface area contributed by atoms with Gasteiger partial charge < -0.3 is 15.4 Å². The van der Waals surface area contributed by atoms with Crippen LogP contribution in [-0.2, 0) is 9.53 Å². The van der Waals surface area contributed by atoms with Crippen molar-refractivity contribution in [2.75, 3.05) is 19.0 Å². The number of ether oxygens (including phenoxy) is 1. The maximum atomic E-state index is 13.1. The number of nitrogens with zero attached hydrogens (tertiary/aromatic N) is 1. The van der Waals surface area contributed by atoms with E-state index in [1.54, 1.807) is 31.2 Å². The highest BCUT2D eigenvalue weighted by Crippen LogP contribution is 2.32. The smallest absolute Gasteiger partial charge is 0.337 e. The molecule has 1 aliphatic heterocycles. The highest BCUT2D eigenvalue weighted by atomic mass is 19.1. The van der Waals surface area contributed by atoms with Gasteiger partial charge in [-0.05, 0) is 55.8 Å². The zero-order chi connectivity index (χ0) is 21.8. The summed E-state index contributed by atoms with van der Waals surface area (Å²) < 4.78 is 18.0. The molecule has 0 aromatic heterocycles. The molecule has 156 valence electrons. The Morgan fingerprint density at radius 2 is 1.90 bits per heavy atom. The van der Waals surface area contributed by atoms with Crippen LogP contribution in [0.2, 0.25) is 0 Å². The number of carbonyl (C=O) groups is 3. The van der Waals surface area contributed by atoms with Gasteiger partial charge in [-0.2, -0.15) is 0 Å². The normalized spacial score (nSPS) is 16.2. The number of anilines is 1. The van der Waals surface area contributed by atoms with Crippen LogP contribution in [0.15, 0.2) is 59.8 Å². The summed E-state index contributed by atoms with van der Waals surface area (Å²) in [7, 11) is 1.28. The summed E-state index contributed by atoms with van der Waals surface area (Å²) in [5, 5.41) is 5.56. The first-order valence-corrected chi connectivity index (χ1v) is 9.39. The lowest BCUT2D eigenvalue weighted by molar-refractivity contribution is -0.136. The van der Waals surface area contributed by atoms with Crippen LogP contribution in [0.3, 0.4) is 0 Å². The number of carbonyl (C=O) groups excluding carboxylic acids is 3. The Hall–Kier alpha value is -3.68. The minimum Gasteiger partial charge on any atom is -0.466 e. The molecule has 0 bridgehead atoms. The van der Waals surface area contributed by atoms with Crippen LogP contribution >= 0.6 is 0 Å². The summed E-state index contributed by atoms with van der Waals surface area (Å²) in [4.78, 5) is 38.8. The average Bonchev–Trinajstić information content (AvgIpc) is 2.73. The van der Waals surface area contributed by atoms with Gasteiger partial charge >= 0.3 is 12.0 Å². The molecule has 2 aromatic rings. The number of hydrogen-bond donors (Lipinski definition) is 2. The topological polar surface area (TPSA) is 87.7 Å². The Morgan fingerprint density at radius 1 is 1.20 bits per heavy atom. The number of hydrogen-bond acceptors (Lipinski definition) is 4. The molecule has 1 heterocycles. The number of amides is 3. The van der Waals surface area contributed by atoms with Gasteiger partial charge in [0.05, 0.1) is 18.7 Å². The van der Waals surface area contributed by atoms with Gasteiger partial charge in [0.15, 0.2) is 0 Å². The molecule has 2 aromatic carbocycles. The summed E-state index contributed by atoms with van der Waals surface area (Å²) in [6, 6.07) is 10.9. The first kappa shape index (κ1) is 21.0. The van der Waals surface area contributed by atoms with Gasteiger partial charge in [0.25, 0.3) is 5.91 Å². The summed E-state index contributed by atoms with van der Waals surface area (Å²) in [5.41, 5.74) is 2.21. The molecule has 3 rings (SSSR count). The molecular weight excluding hydrogens is 389 g/mol. The standard InChI is InChI=1S/C22H22FN3O4/c1-4-26-13(2)18(21(28)30-3)19(25-22(26)29)15-6-5-7-17(12-15)24-20(27)14-8-10-16(23)11-9-14/h5-12,19H,4H2,1-3H3,(H,24,27)(H,25,29). The van der Waals surface area contributed by atoms with E-state index in [0.29, 0.717) is 34.6 Å². The van der Waals surface area contributed by atoms with Gasteiger partial charge in [0.2, 0.25) is 0 Å². The Balaban J connectivity index is 1.92. The quantitative estimate of drug-likeness (QED) is 0.736. The number of nitrogens with one attached hydrogen (secondary N) is 2. The second-order valence-electron chi connectivity index (χ2n) is 6.70. The van der Waals surface area contributed by atoms with E-state index in [1.807, 2.05) is 6.92 Å². The predicted molar refractivity (Wildman–Crippen MR) is 109 cm³/mol. The third-order valence-electron chi connectivity index (χ3n) is 4.90. The van der Waals surface area contributed by atoms with Crippen LogP contribution in [0.5, 0.6) is 0 Å². The van der Waals surface area contributed by atoms with Gasteiger partial charge in [0.1, 0.15) is 5.82 Å². The first-order valence-electron chi connectivity index (χ1n) is 9.39. The van der Waals surface area contributed by atoms with Crippen LogP contribution in [0.25, 0.3) is 0 Å². The molecule has 30 heavy (non-hydrogen) atoms. The van der Waals surface area contributed by atoms with E-state index in [1.165, 1.54) is 36.3 Å². The average molecular weight is 411 g/mol. The molecule has 0 fully saturated rings. The van der Waals surface area contributed by atoms with Gasteiger partial charge in [0, 0.05) is 23.5 Å². The number of allylic oxidation sites excluding steroid dienone is 1. The molecule has 1 aliphatic rings. The van der Waals surface area contributed by atoms with Gasteiger partial charge in [-0.25, -0.2) is 14.0 Å². The zero-order valence-electron chi connectivity index (χ0n) is 16.9. The van der Waals surface area contributed by atoms with Gasteiger partial charge in [-0.15, -0.1) is 0 Å². The molecule has 0 radical (unpaired) electrons. The van der Waals surface area contributed by atoms with Crippen molar-refractivity contribution < 1.29 is 23.5 Å². The molecule has 7 nitrogen and oxygen atoms in total. The summed E-state index contributed by atoms with van der Waals surface area (Å²) in [6.45, 7) is 3.91. The molecule has 1 atom stereocenters. The van der Waals surface area contributed by atoms with E-state index in [9.17, 15) is 18.8 Å². The van der Waals surface area contributed by atoms with E-state index in [0.717, 1.165) is 0 Å². The van der Waals surface area contributed by atoms with Gasteiger partial charge in [-0.3, -0.25) is 9.69 Å². The highest BCUT2D eigenvalue weighted by Gasteiger charge is 2.35. The van der Waals surface area contributed by atoms with Crippen molar-refractivity contribution in [2.45, 2.75) is 19.9 Å². The molecule has 0 aliphatic carbocycles. The molecule has 1 unspecified atom stereocenters. The zero-order valence-corrected chi connectivity index (χ0v) is 16.9. The molecular formula is C22H22FN3O4. The van der Waals surface area contributed by atoms with Gasteiger partial charge in [-0.1, -0.05) is 12.1 Å². The number of rotatable bonds is 5. The third-order valence-corrected chi connectivity index (χ3v) is 4.90. The second-order valence-corrected chi connectivity index (χ2v) is 6.70. The van der Waals surface area contributed by atoms with Crippen LogP contribution in [-0.4, -0.2) is 36.5 Å². The Kier molecular flexibility index (Phi) is 6.15. The van der Waals surface area contributed by atoms with Crippen molar-refractivity contribution in [3.05, 3.63) is 76.7 Å². The molecule has 0 spiro atoms. The van der Waals surface area contributed by atoms with Crippen molar-refractivity contribution >= 4 is 23.6 Å². The van der Waals surface area contributed by atoms with E-state index in [2.05, 4.69) is 10.6 Å². The van der Waals surface area contributed by atoms with Crippen LogP contribution in [0.4, 0.5) is 14.9 Å². The molecule has 2 N–H and O–H groups in total. The SMILES string of the molecule is CCN1C(=O)NC(c2cccc(NC(=O)c3ccc(F)cc3)c2)C(C(=O)OC)=C1C. The van der Waals surface area contributed by atoms with Crippen molar-refractivity contribution in [3.63, 3.8) is 0 Å². The Morgan fingerprint density at radius 3 is 2.53 bits per heavy atom. The predicted octanol–water partition coefficient (Wildman–Crippen LogP) is 3.61. The first-order chi connectivity index (χ1) is 14.3. The number of esters is 1. The Labute approximate surface area is 173 Å². The molecule has 0 saturated heterocycles. The van der Waals surface area contributed by atoms with Crippen molar-refractivity contribution in [2.24, 2.45) is 0 Å². The minimum atomic E-state index is -0.726.